The molecule has 1 aromatic carbocycles. The molecule has 1 N–H and O–H groups in total. The van der Waals surface area contributed by atoms with Crippen LogP contribution in [0.5, 0.6) is 0 Å². The average molecular weight is 289 g/mol. The predicted molar refractivity (Wildman–Crippen MR) is 74.2 cm³/mol. The molecule has 0 spiro atoms. The zero-order chi connectivity index (χ0) is 15.0. The van der Waals surface area contributed by atoms with Crippen LogP contribution in [-0.2, 0) is 9.53 Å². The average Bonchev–Trinajstić information content (AvgIpc) is 2.92. The van der Waals surface area contributed by atoms with Gasteiger partial charge in [0.2, 0.25) is 0 Å². The zero-order valence-corrected chi connectivity index (χ0v) is 11.5. The zero-order valence-electron chi connectivity index (χ0n) is 11.5. The molecule has 1 amide bonds. The molecule has 1 aliphatic heterocycles. The summed E-state index contributed by atoms with van der Waals surface area (Å²) in [4.78, 5) is 25.0. The predicted octanol–water partition coefficient (Wildman–Crippen LogP) is 1.67. The highest BCUT2D eigenvalue weighted by Crippen LogP contribution is 2.24. The van der Waals surface area contributed by atoms with E-state index in [0.717, 1.165) is 10.9 Å². The van der Waals surface area contributed by atoms with E-state index < -0.39 is 17.9 Å². The molecule has 6 heteroatoms. The van der Waals surface area contributed by atoms with Gasteiger partial charge in [-0.25, -0.2) is 4.79 Å². The van der Waals surface area contributed by atoms with Crippen molar-refractivity contribution in [2.75, 3.05) is 19.8 Å². The van der Waals surface area contributed by atoms with Gasteiger partial charge in [0.15, 0.2) is 11.8 Å². The first-order chi connectivity index (χ1) is 10.1. The second kappa shape index (κ2) is 5.21. The molecule has 2 heterocycles. The fourth-order valence-corrected chi connectivity index (χ4v) is 2.51. The summed E-state index contributed by atoms with van der Waals surface area (Å²) in [7, 11) is 0. The van der Waals surface area contributed by atoms with E-state index in [4.69, 9.17) is 9.15 Å². The lowest BCUT2D eigenvalue weighted by Gasteiger charge is -2.32. The van der Waals surface area contributed by atoms with Gasteiger partial charge in [-0.1, -0.05) is 18.2 Å². The Morgan fingerprint density at radius 2 is 2.19 bits per heavy atom. The van der Waals surface area contributed by atoms with Crippen LogP contribution in [0.15, 0.2) is 28.7 Å². The van der Waals surface area contributed by atoms with Crippen molar-refractivity contribution in [2.45, 2.75) is 13.0 Å². The molecule has 21 heavy (non-hydrogen) atoms. The van der Waals surface area contributed by atoms with E-state index in [9.17, 15) is 14.7 Å². The maximum atomic E-state index is 12.5. The van der Waals surface area contributed by atoms with Crippen LogP contribution in [0.3, 0.4) is 0 Å². The van der Waals surface area contributed by atoms with Gasteiger partial charge in [0.1, 0.15) is 5.58 Å². The Bertz CT molecular complexity index is 705. The van der Waals surface area contributed by atoms with Crippen molar-refractivity contribution in [3.8, 4) is 0 Å². The smallest absolute Gasteiger partial charge is 0.328 e. The Balaban J connectivity index is 1.95. The molecule has 3 rings (SSSR count). The Morgan fingerprint density at radius 1 is 1.38 bits per heavy atom. The van der Waals surface area contributed by atoms with Crippen molar-refractivity contribution in [2.24, 2.45) is 0 Å². The van der Waals surface area contributed by atoms with E-state index in [1.807, 2.05) is 25.1 Å². The molecule has 0 aliphatic carbocycles. The Labute approximate surface area is 120 Å². The first-order valence-corrected chi connectivity index (χ1v) is 6.68. The normalized spacial score (nSPS) is 18.9. The van der Waals surface area contributed by atoms with Gasteiger partial charge in [-0.05, 0) is 18.6 Å². The molecule has 0 saturated carbocycles. The van der Waals surface area contributed by atoms with Gasteiger partial charge >= 0.3 is 5.97 Å². The Morgan fingerprint density at radius 3 is 2.90 bits per heavy atom. The lowest BCUT2D eigenvalue weighted by atomic mass is 10.1. The van der Waals surface area contributed by atoms with E-state index in [2.05, 4.69) is 0 Å². The number of amides is 1. The fourth-order valence-electron chi connectivity index (χ4n) is 2.51. The summed E-state index contributed by atoms with van der Waals surface area (Å²) in [6.07, 6.45) is 0. The van der Waals surface area contributed by atoms with Crippen molar-refractivity contribution in [3.05, 3.63) is 35.6 Å². The number of carbonyl (C=O) groups excluding carboxylic acids is 1. The topological polar surface area (TPSA) is 80.0 Å². The SMILES string of the molecule is Cc1cccc2cc(C(=O)N3CCOCC3C(=O)O)oc12. The second-order valence-corrected chi connectivity index (χ2v) is 5.03. The van der Waals surface area contributed by atoms with Crippen molar-refractivity contribution >= 4 is 22.8 Å². The van der Waals surface area contributed by atoms with E-state index in [1.54, 1.807) is 6.07 Å². The number of carboxylic acids is 1. The van der Waals surface area contributed by atoms with Crippen molar-refractivity contribution in [1.29, 1.82) is 0 Å². The van der Waals surface area contributed by atoms with Crippen molar-refractivity contribution < 1.29 is 23.8 Å². The number of carbonyl (C=O) groups is 2. The van der Waals surface area contributed by atoms with E-state index in [1.165, 1.54) is 4.90 Å². The number of carboxylic acid groups (broad SMARTS) is 1. The molecule has 1 saturated heterocycles. The summed E-state index contributed by atoms with van der Waals surface area (Å²) in [5.74, 6) is -1.33. The molecule has 6 nitrogen and oxygen atoms in total. The largest absolute Gasteiger partial charge is 0.480 e. The highest BCUT2D eigenvalue weighted by atomic mass is 16.5. The number of ether oxygens (including phenoxy) is 1. The number of hydrogen-bond donors (Lipinski definition) is 1. The summed E-state index contributed by atoms with van der Waals surface area (Å²) in [5, 5.41) is 10.0. The van der Waals surface area contributed by atoms with E-state index in [-0.39, 0.29) is 18.9 Å². The summed E-state index contributed by atoms with van der Waals surface area (Å²) >= 11 is 0. The highest BCUT2D eigenvalue weighted by molar-refractivity contribution is 5.98. The monoisotopic (exact) mass is 289 g/mol. The second-order valence-electron chi connectivity index (χ2n) is 5.03. The number of para-hydroxylation sites is 1. The van der Waals surface area contributed by atoms with Crippen LogP contribution in [0.2, 0.25) is 0 Å². The molecule has 0 radical (unpaired) electrons. The van der Waals surface area contributed by atoms with Crippen LogP contribution in [0.4, 0.5) is 0 Å². The number of benzene rings is 1. The van der Waals surface area contributed by atoms with Crippen molar-refractivity contribution in [1.82, 2.24) is 4.90 Å². The van der Waals surface area contributed by atoms with E-state index in [0.29, 0.717) is 12.2 Å². The summed E-state index contributed by atoms with van der Waals surface area (Å²) in [6.45, 7) is 2.47. The van der Waals surface area contributed by atoms with Gasteiger partial charge in [0.05, 0.1) is 13.2 Å². The number of fused-ring (bicyclic) bond motifs is 1. The molecule has 1 aliphatic rings. The van der Waals surface area contributed by atoms with Crippen LogP contribution in [-0.4, -0.2) is 47.7 Å². The van der Waals surface area contributed by atoms with Gasteiger partial charge in [-0.2, -0.15) is 0 Å². The number of aliphatic carboxylic acids is 1. The quantitative estimate of drug-likeness (QED) is 0.909. The van der Waals surface area contributed by atoms with Crippen LogP contribution >= 0.6 is 0 Å². The number of morpholine rings is 1. The van der Waals surface area contributed by atoms with Gasteiger partial charge in [-0.3, -0.25) is 4.79 Å². The third-order valence-corrected chi connectivity index (χ3v) is 3.63. The third kappa shape index (κ3) is 2.38. The third-order valence-electron chi connectivity index (χ3n) is 3.63. The number of hydrogen-bond acceptors (Lipinski definition) is 4. The van der Waals surface area contributed by atoms with Gasteiger partial charge in [-0.15, -0.1) is 0 Å². The maximum absolute atomic E-state index is 12.5. The first kappa shape index (κ1) is 13.6. The van der Waals surface area contributed by atoms with Gasteiger partial charge in [0, 0.05) is 11.9 Å². The minimum atomic E-state index is -1.07. The number of furan rings is 1. The Hall–Kier alpha value is -2.34. The highest BCUT2D eigenvalue weighted by Gasteiger charge is 2.34. The minimum absolute atomic E-state index is 0.000327. The molecule has 1 unspecified atom stereocenters. The molecule has 110 valence electrons. The molecule has 0 bridgehead atoms. The molecular formula is C15H15NO5. The lowest BCUT2D eigenvalue weighted by Crippen LogP contribution is -2.52. The van der Waals surface area contributed by atoms with Gasteiger partial charge in [0.25, 0.3) is 5.91 Å². The molecule has 1 fully saturated rings. The molecule has 1 atom stereocenters. The lowest BCUT2D eigenvalue weighted by molar-refractivity contribution is -0.147. The number of rotatable bonds is 2. The van der Waals surface area contributed by atoms with Crippen LogP contribution in [0.25, 0.3) is 11.0 Å². The standard InChI is InChI=1S/C15H15NO5/c1-9-3-2-4-10-7-12(21-13(9)10)14(17)16-5-6-20-8-11(16)15(18)19/h2-4,7,11H,5-6,8H2,1H3,(H,18,19). The number of nitrogens with zero attached hydrogens (tertiary/aromatic N) is 1. The van der Waals surface area contributed by atoms with Gasteiger partial charge < -0.3 is 19.2 Å². The molecule has 2 aromatic rings. The molecular weight excluding hydrogens is 274 g/mol. The van der Waals surface area contributed by atoms with Crippen molar-refractivity contribution in [3.63, 3.8) is 0 Å². The summed E-state index contributed by atoms with van der Waals surface area (Å²) in [5.41, 5.74) is 1.59. The molecule has 1 aromatic heterocycles. The number of aryl methyl sites for hydroxylation is 1. The fraction of sp³-hybridized carbons (Fsp3) is 0.333. The van der Waals surface area contributed by atoms with Crippen LogP contribution in [0.1, 0.15) is 16.1 Å². The minimum Gasteiger partial charge on any atom is -0.480 e. The maximum Gasteiger partial charge on any atom is 0.328 e. The van der Waals surface area contributed by atoms with E-state index >= 15 is 0 Å². The van der Waals surface area contributed by atoms with Crippen LogP contribution < -0.4 is 0 Å². The first-order valence-electron chi connectivity index (χ1n) is 6.68. The summed E-state index contributed by atoms with van der Waals surface area (Å²) < 4.78 is 10.7. The summed E-state index contributed by atoms with van der Waals surface area (Å²) in [6, 6.07) is 6.32. The van der Waals surface area contributed by atoms with Crippen LogP contribution in [0, 0.1) is 6.92 Å². The Kier molecular flexibility index (Phi) is 3.39.